The Hall–Kier alpha value is -0.680. The molecule has 1 N–H and O–H groups in total. The highest BCUT2D eigenvalue weighted by molar-refractivity contribution is 9.10. The zero-order valence-electron chi connectivity index (χ0n) is 9.58. The first kappa shape index (κ1) is 14.7. The monoisotopic (exact) mass is 363 g/mol. The zero-order chi connectivity index (χ0) is 14.0. The molecule has 0 aliphatic carbocycles. The fourth-order valence-corrected chi connectivity index (χ4v) is 2.59. The lowest BCUT2D eigenvalue weighted by atomic mass is 10.1. The van der Waals surface area contributed by atoms with Crippen LogP contribution in [-0.2, 0) is 6.42 Å². The topological polar surface area (TPSA) is 33.1 Å². The highest BCUT2D eigenvalue weighted by atomic mass is 79.9. The van der Waals surface area contributed by atoms with Crippen molar-refractivity contribution in [1.82, 2.24) is 4.98 Å². The molecule has 2 nitrogen and oxygen atoms in total. The molecule has 1 heterocycles. The Labute approximate surface area is 128 Å². The maximum atomic E-state index is 13.2. The van der Waals surface area contributed by atoms with Crippen LogP contribution in [-0.4, -0.2) is 10.1 Å². The minimum atomic E-state index is -0.928. The average molecular weight is 365 g/mol. The molecule has 0 bridgehead atoms. The van der Waals surface area contributed by atoms with Crippen molar-refractivity contribution in [3.63, 3.8) is 0 Å². The van der Waals surface area contributed by atoms with E-state index in [1.807, 2.05) is 0 Å². The van der Waals surface area contributed by atoms with Crippen molar-refractivity contribution in [1.29, 1.82) is 0 Å². The number of rotatable bonds is 3. The summed E-state index contributed by atoms with van der Waals surface area (Å²) >= 11 is 15.0. The molecule has 0 aliphatic heterocycles. The number of hydrogen-bond acceptors (Lipinski definition) is 2. The van der Waals surface area contributed by atoms with Crippen LogP contribution in [0.1, 0.15) is 17.4 Å². The highest BCUT2D eigenvalue weighted by Gasteiger charge is 2.16. The van der Waals surface area contributed by atoms with Gasteiger partial charge in [-0.1, -0.05) is 39.1 Å². The third kappa shape index (κ3) is 3.66. The fraction of sp³-hybridized carbons (Fsp3) is 0.154. The molecule has 1 aromatic heterocycles. The van der Waals surface area contributed by atoms with Crippen molar-refractivity contribution in [3.8, 4) is 0 Å². The second-order valence-corrected chi connectivity index (χ2v) is 5.67. The minimum Gasteiger partial charge on any atom is -0.386 e. The Kier molecular flexibility index (Phi) is 4.79. The number of halogens is 4. The standard InChI is InChI=1S/C13H9BrCl2FNO/c14-10-2-1-9(17)3-7(10)4-12(19)13-11(16)5-8(15)6-18-13/h1-3,5-6,12,19H,4H2. The first-order valence-electron chi connectivity index (χ1n) is 5.40. The summed E-state index contributed by atoms with van der Waals surface area (Å²) in [5.74, 6) is -0.361. The van der Waals surface area contributed by atoms with Gasteiger partial charge in [0.2, 0.25) is 0 Å². The second-order valence-electron chi connectivity index (χ2n) is 3.98. The van der Waals surface area contributed by atoms with Crippen molar-refractivity contribution >= 4 is 39.1 Å². The van der Waals surface area contributed by atoms with Crippen LogP contribution in [0.25, 0.3) is 0 Å². The summed E-state index contributed by atoms with van der Waals surface area (Å²) in [4.78, 5) is 4.00. The van der Waals surface area contributed by atoms with E-state index in [-0.39, 0.29) is 17.3 Å². The Morgan fingerprint density at radius 1 is 1.32 bits per heavy atom. The van der Waals surface area contributed by atoms with Gasteiger partial charge in [0.15, 0.2) is 0 Å². The van der Waals surface area contributed by atoms with Gasteiger partial charge in [-0.2, -0.15) is 0 Å². The minimum absolute atomic E-state index is 0.201. The molecule has 0 saturated carbocycles. The van der Waals surface area contributed by atoms with Crippen LogP contribution >= 0.6 is 39.1 Å². The maximum absolute atomic E-state index is 13.2. The lowest BCUT2D eigenvalue weighted by Crippen LogP contribution is -2.05. The van der Waals surface area contributed by atoms with Crippen molar-refractivity contribution in [2.45, 2.75) is 12.5 Å². The lowest BCUT2D eigenvalue weighted by Gasteiger charge is -2.13. The molecule has 0 radical (unpaired) electrons. The second kappa shape index (κ2) is 6.18. The molecular weight excluding hydrogens is 356 g/mol. The number of pyridine rings is 1. The van der Waals surface area contributed by atoms with Crippen LogP contribution < -0.4 is 0 Å². The number of aliphatic hydroxyl groups is 1. The molecule has 1 atom stereocenters. The highest BCUT2D eigenvalue weighted by Crippen LogP contribution is 2.28. The SMILES string of the molecule is OC(Cc1cc(F)ccc1Br)c1ncc(Cl)cc1Cl. The Morgan fingerprint density at radius 2 is 2.05 bits per heavy atom. The van der Waals surface area contributed by atoms with E-state index in [4.69, 9.17) is 23.2 Å². The predicted octanol–water partition coefficient (Wildman–Crippen LogP) is 4.57. The number of aromatic nitrogens is 1. The summed E-state index contributed by atoms with van der Waals surface area (Å²) < 4.78 is 13.9. The number of nitrogens with zero attached hydrogens (tertiary/aromatic N) is 1. The van der Waals surface area contributed by atoms with Gasteiger partial charge in [-0.05, 0) is 29.8 Å². The fourth-order valence-electron chi connectivity index (χ4n) is 1.68. The van der Waals surface area contributed by atoms with Gasteiger partial charge in [-0.3, -0.25) is 4.98 Å². The van der Waals surface area contributed by atoms with E-state index in [1.54, 1.807) is 6.07 Å². The van der Waals surface area contributed by atoms with Crippen LogP contribution in [0.4, 0.5) is 4.39 Å². The van der Waals surface area contributed by atoms with Crippen LogP contribution in [0.2, 0.25) is 10.0 Å². The molecule has 0 spiro atoms. The largest absolute Gasteiger partial charge is 0.386 e. The molecular formula is C13H9BrCl2FNO. The lowest BCUT2D eigenvalue weighted by molar-refractivity contribution is 0.173. The summed E-state index contributed by atoms with van der Waals surface area (Å²) in [6.45, 7) is 0. The van der Waals surface area contributed by atoms with Crippen molar-refractivity contribution in [3.05, 3.63) is 62.1 Å². The average Bonchev–Trinajstić information content (AvgIpc) is 2.33. The first-order valence-corrected chi connectivity index (χ1v) is 6.95. The van der Waals surface area contributed by atoms with Crippen LogP contribution in [0.5, 0.6) is 0 Å². The number of benzene rings is 1. The molecule has 1 unspecified atom stereocenters. The van der Waals surface area contributed by atoms with E-state index < -0.39 is 6.10 Å². The maximum Gasteiger partial charge on any atom is 0.123 e. The molecule has 0 amide bonds. The molecule has 100 valence electrons. The molecule has 0 aliphatic rings. The summed E-state index contributed by atoms with van der Waals surface area (Å²) in [6, 6.07) is 5.80. The van der Waals surface area contributed by atoms with Gasteiger partial charge in [0.25, 0.3) is 0 Å². The zero-order valence-corrected chi connectivity index (χ0v) is 12.7. The van der Waals surface area contributed by atoms with Gasteiger partial charge in [-0.25, -0.2) is 4.39 Å². The van der Waals surface area contributed by atoms with Crippen molar-refractivity contribution in [2.75, 3.05) is 0 Å². The van der Waals surface area contributed by atoms with Crippen LogP contribution in [0.15, 0.2) is 34.9 Å². The van der Waals surface area contributed by atoms with Crippen LogP contribution in [0, 0.1) is 5.82 Å². The molecule has 0 saturated heterocycles. The van der Waals surface area contributed by atoms with Gasteiger partial charge in [-0.15, -0.1) is 0 Å². The number of hydrogen-bond donors (Lipinski definition) is 1. The first-order chi connectivity index (χ1) is 8.97. The molecule has 2 rings (SSSR count). The third-order valence-corrected chi connectivity index (χ3v) is 3.86. The van der Waals surface area contributed by atoms with E-state index in [0.717, 1.165) is 4.47 Å². The number of aliphatic hydroxyl groups excluding tert-OH is 1. The van der Waals surface area contributed by atoms with Gasteiger partial charge in [0.05, 0.1) is 15.7 Å². The molecule has 2 aromatic rings. The van der Waals surface area contributed by atoms with Gasteiger partial charge in [0.1, 0.15) is 11.9 Å². The Balaban J connectivity index is 2.25. The predicted molar refractivity (Wildman–Crippen MR) is 77.0 cm³/mol. The van der Waals surface area contributed by atoms with E-state index in [1.165, 1.54) is 24.4 Å². The van der Waals surface area contributed by atoms with E-state index in [2.05, 4.69) is 20.9 Å². The summed E-state index contributed by atoms with van der Waals surface area (Å²) in [7, 11) is 0. The molecule has 0 fully saturated rings. The van der Waals surface area contributed by atoms with Gasteiger partial charge >= 0.3 is 0 Å². The van der Waals surface area contributed by atoms with Crippen molar-refractivity contribution < 1.29 is 9.50 Å². The smallest absolute Gasteiger partial charge is 0.123 e. The summed E-state index contributed by atoms with van der Waals surface area (Å²) in [5.41, 5.74) is 0.961. The Bertz CT molecular complexity index is 609. The molecule has 19 heavy (non-hydrogen) atoms. The normalized spacial score (nSPS) is 12.5. The van der Waals surface area contributed by atoms with Crippen molar-refractivity contribution in [2.24, 2.45) is 0 Å². The Morgan fingerprint density at radius 3 is 2.74 bits per heavy atom. The van der Waals surface area contributed by atoms with E-state index in [0.29, 0.717) is 16.3 Å². The molecule has 1 aromatic carbocycles. The van der Waals surface area contributed by atoms with Gasteiger partial charge in [0, 0.05) is 17.1 Å². The quantitative estimate of drug-likeness (QED) is 0.865. The van der Waals surface area contributed by atoms with E-state index in [9.17, 15) is 9.50 Å². The van der Waals surface area contributed by atoms with Crippen LogP contribution in [0.3, 0.4) is 0 Å². The summed E-state index contributed by atoms with van der Waals surface area (Å²) in [5, 5.41) is 10.8. The molecule has 6 heteroatoms. The van der Waals surface area contributed by atoms with E-state index >= 15 is 0 Å². The third-order valence-electron chi connectivity index (χ3n) is 2.57. The van der Waals surface area contributed by atoms with Gasteiger partial charge < -0.3 is 5.11 Å². The summed E-state index contributed by atoms with van der Waals surface area (Å²) in [6.07, 6.45) is 0.683.